The fraction of sp³-hybridized carbons (Fsp3) is 0.611. The highest BCUT2D eigenvalue weighted by molar-refractivity contribution is 9.10. The largest absolute Gasteiger partial charge is 0.490 e. The Labute approximate surface area is 147 Å². The van der Waals surface area contributed by atoms with Gasteiger partial charge in [0.1, 0.15) is 5.75 Å². The smallest absolute Gasteiger partial charge is 0.245 e. The molecule has 1 aromatic carbocycles. The van der Waals surface area contributed by atoms with Crippen LogP contribution in [0.15, 0.2) is 22.7 Å². The van der Waals surface area contributed by atoms with Crippen molar-refractivity contribution < 1.29 is 14.4 Å². The first-order valence-electron chi connectivity index (χ1n) is 8.23. The summed E-state index contributed by atoms with van der Waals surface area (Å²) >= 11 is 3.55. The monoisotopic (exact) mass is 383 g/mol. The molecule has 1 aromatic rings. The minimum absolute atomic E-state index is 0.0515. The van der Waals surface area contributed by atoms with Crippen molar-refractivity contribution in [1.82, 2.24) is 5.06 Å². The van der Waals surface area contributed by atoms with E-state index in [0.717, 1.165) is 47.9 Å². The van der Waals surface area contributed by atoms with Crippen molar-refractivity contribution in [2.75, 3.05) is 14.2 Å². The minimum Gasteiger partial charge on any atom is -0.490 e. The minimum atomic E-state index is 0.0515. The van der Waals surface area contributed by atoms with Crippen molar-refractivity contribution in [3.8, 4) is 5.75 Å². The lowest BCUT2D eigenvalue weighted by atomic mass is 9.84. The molecule has 0 radical (unpaired) electrons. The molecule has 0 atom stereocenters. The van der Waals surface area contributed by atoms with E-state index < -0.39 is 0 Å². The van der Waals surface area contributed by atoms with Crippen LogP contribution in [-0.4, -0.2) is 31.2 Å². The second kappa shape index (κ2) is 8.69. The molecule has 0 N–H and O–H groups in total. The van der Waals surface area contributed by atoms with Gasteiger partial charge in [-0.3, -0.25) is 9.63 Å². The number of rotatable bonds is 6. The van der Waals surface area contributed by atoms with Gasteiger partial charge in [-0.2, -0.15) is 0 Å². The Morgan fingerprint density at radius 1 is 1.30 bits per heavy atom. The molecule has 5 heteroatoms. The van der Waals surface area contributed by atoms with E-state index >= 15 is 0 Å². The van der Waals surface area contributed by atoms with E-state index in [1.54, 1.807) is 7.05 Å². The van der Waals surface area contributed by atoms with Crippen LogP contribution in [0, 0.1) is 12.8 Å². The molecule has 0 saturated heterocycles. The van der Waals surface area contributed by atoms with E-state index in [1.165, 1.54) is 12.2 Å². The van der Waals surface area contributed by atoms with Gasteiger partial charge < -0.3 is 4.74 Å². The standard InChI is InChI=1S/C18H26BrNO3/c1-13-16(19)5-4-6-17(13)23-15-10-7-14(8-11-15)9-12-18(21)20(2)22-3/h4-6,14-15H,7-12H2,1-3H3/t14-,15-. The van der Waals surface area contributed by atoms with E-state index in [9.17, 15) is 4.79 Å². The van der Waals surface area contributed by atoms with E-state index in [-0.39, 0.29) is 12.0 Å². The van der Waals surface area contributed by atoms with Crippen LogP contribution >= 0.6 is 15.9 Å². The highest BCUT2D eigenvalue weighted by Gasteiger charge is 2.24. The lowest BCUT2D eigenvalue weighted by molar-refractivity contribution is -0.169. The number of carbonyl (C=O) groups is 1. The second-order valence-electron chi connectivity index (χ2n) is 6.24. The molecule has 1 aliphatic rings. The van der Waals surface area contributed by atoms with Crippen molar-refractivity contribution in [2.24, 2.45) is 5.92 Å². The Kier molecular flexibility index (Phi) is 6.90. The maximum Gasteiger partial charge on any atom is 0.245 e. The van der Waals surface area contributed by atoms with Gasteiger partial charge in [0.2, 0.25) is 5.91 Å². The van der Waals surface area contributed by atoms with Gasteiger partial charge in [0, 0.05) is 23.5 Å². The second-order valence-corrected chi connectivity index (χ2v) is 7.09. The van der Waals surface area contributed by atoms with Crippen LogP contribution in [0.2, 0.25) is 0 Å². The molecule has 0 spiro atoms. The fourth-order valence-electron chi connectivity index (χ4n) is 3.02. The van der Waals surface area contributed by atoms with E-state index in [4.69, 9.17) is 9.57 Å². The molecule has 1 fully saturated rings. The van der Waals surface area contributed by atoms with Crippen molar-refractivity contribution in [2.45, 2.75) is 51.6 Å². The number of amides is 1. The molecule has 0 heterocycles. The third-order valence-corrected chi connectivity index (χ3v) is 5.56. The Morgan fingerprint density at radius 3 is 2.65 bits per heavy atom. The zero-order chi connectivity index (χ0) is 16.8. The maximum atomic E-state index is 11.8. The zero-order valence-electron chi connectivity index (χ0n) is 14.2. The Balaban J connectivity index is 1.76. The number of hydrogen-bond acceptors (Lipinski definition) is 3. The summed E-state index contributed by atoms with van der Waals surface area (Å²) in [7, 11) is 3.18. The van der Waals surface area contributed by atoms with E-state index in [1.807, 2.05) is 18.2 Å². The number of ether oxygens (including phenoxy) is 1. The van der Waals surface area contributed by atoms with Crippen molar-refractivity contribution in [3.05, 3.63) is 28.2 Å². The molecule has 128 valence electrons. The summed E-state index contributed by atoms with van der Waals surface area (Å²) in [5, 5.41) is 1.31. The van der Waals surface area contributed by atoms with Gasteiger partial charge in [-0.1, -0.05) is 22.0 Å². The topological polar surface area (TPSA) is 38.8 Å². The van der Waals surface area contributed by atoms with Gasteiger partial charge in [0.25, 0.3) is 0 Å². The van der Waals surface area contributed by atoms with Crippen LogP contribution in [0.4, 0.5) is 0 Å². The maximum absolute atomic E-state index is 11.8. The Hall–Kier alpha value is -1.07. The summed E-state index contributed by atoms with van der Waals surface area (Å²) in [6.07, 6.45) is 6.16. The number of hydroxylamine groups is 2. The normalized spacial score (nSPS) is 21.0. The summed E-state index contributed by atoms with van der Waals surface area (Å²) in [4.78, 5) is 16.7. The molecule has 2 rings (SSSR count). The van der Waals surface area contributed by atoms with Crippen molar-refractivity contribution in [3.63, 3.8) is 0 Å². The average Bonchev–Trinajstić information content (AvgIpc) is 2.57. The molecular weight excluding hydrogens is 358 g/mol. The summed E-state index contributed by atoms with van der Waals surface area (Å²) in [6.45, 7) is 2.07. The summed E-state index contributed by atoms with van der Waals surface area (Å²) in [5.41, 5.74) is 1.16. The molecular formula is C18H26BrNO3. The number of halogens is 1. The van der Waals surface area contributed by atoms with Gasteiger partial charge in [-0.05, 0) is 57.1 Å². The number of hydrogen-bond donors (Lipinski definition) is 0. The lowest BCUT2D eigenvalue weighted by Crippen LogP contribution is -2.27. The molecule has 0 aliphatic heterocycles. The molecule has 1 saturated carbocycles. The molecule has 23 heavy (non-hydrogen) atoms. The van der Waals surface area contributed by atoms with Crippen molar-refractivity contribution in [1.29, 1.82) is 0 Å². The van der Waals surface area contributed by atoms with Crippen molar-refractivity contribution >= 4 is 21.8 Å². The Bertz CT molecular complexity index is 527. The van der Waals surface area contributed by atoms with Crippen LogP contribution in [0.3, 0.4) is 0 Å². The van der Waals surface area contributed by atoms with Crippen LogP contribution < -0.4 is 4.74 Å². The van der Waals surface area contributed by atoms with Crippen LogP contribution in [0.25, 0.3) is 0 Å². The van der Waals surface area contributed by atoms with Gasteiger partial charge >= 0.3 is 0 Å². The summed E-state index contributed by atoms with van der Waals surface area (Å²) in [6, 6.07) is 6.08. The zero-order valence-corrected chi connectivity index (χ0v) is 15.8. The number of nitrogens with zero attached hydrogens (tertiary/aromatic N) is 1. The SMILES string of the molecule is CON(C)C(=O)CC[C@H]1CC[C@H](Oc2cccc(Br)c2C)CC1. The quantitative estimate of drug-likeness (QED) is 0.678. The molecule has 4 nitrogen and oxygen atoms in total. The molecule has 0 aromatic heterocycles. The Morgan fingerprint density at radius 2 is 2.00 bits per heavy atom. The average molecular weight is 384 g/mol. The highest BCUT2D eigenvalue weighted by atomic mass is 79.9. The molecule has 1 amide bonds. The number of benzene rings is 1. The predicted octanol–water partition coefficient (Wildman–Crippen LogP) is 4.50. The third kappa shape index (κ3) is 5.21. The highest BCUT2D eigenvalue weighted by Crippen LogP contribution is 2.33. The van der Waals surface area contributed by atoms with Crippen LogP contribution in [0.5, 0.6) is 5.75 Å². The summed E-state index contributed by atoms with van der Waals surface area (Å²) in [5.74, 6) is 1.64. The molecule has 0 unspecified atom stereocenters. The third-order valence-electron chi connectivity index (χ3n) is 4.70. The van der Waals surface area contributed by atoms with E-state index in [0.29, 0.717) is 12.3 Å². The van der Waals surface area contributed by atoms with Crippen LogP contribution in [-0.2, 0) is 9.63 Å². The molecule has 0 bridgehead atoms. The fourth-order valence-corrected chi connectivity index (χ4v) is 3.37. The number of carbonyl (C=O) groups excluding carboxylic acids is 1. The van der Waals surface area contributed by atoms with Crippen LogP contribution in [0.1, 0.15) is 44.1 Å². The first-order valence-corrected chi connectivity index (χ1v) is 9.03. The first-order chi connectivity index (χ1) is 11.0. The van der Waals surface area contributed by atoms with Gasteiger partial charge in [-0.25, -0.2) is 5.06 Å². The van der Waals surface area contributed by atoms with E-state index in [2.05, 4.69) is 22.9 Å². The van der Waals surface area contributed by atoms with Gasteiger partial charge in [-0.15, -0.1) is 0 Å². The van der Waals surface area contributed by atoms with Gasteiger partial charge in [0.15, 0.2) is 0 Å². The summed E-state index contributed by atoms with van der Waals surface area (Å²) < 4.78 is 7.26. The van der Waals surface area contributed by atoms with Gasteiger partial charge in [0.05, 0.1) is 13.2 Å². The molecule has 1 aliphatic carbocycles. The first kappa shape index (κ1) is 18.3. The lowest BCUT2D eigenvalue weighted by Gasteiger charge is -2.29. The predicted molar refractivity (Wildman–Crippen MR) is 94.3 cm³/mol.